The molecular formula is C18H18F3N3O. The Bertz CT molecular complexity index is 772. The van der Waals surface area contributed by atoms with Gasteiger partial charge in [0.05, 0.1) is 17.4 Å². The Labute approximate surface area is 143 Å². The van der Waals surface area contributed by atoms with Gasteiger partial charge in [0.1, 0.15) is 5.69 Å². The zero-order chi connectivity index (χ0) is 18.0. The number of aromatic nitrogens is 1. The molecule has 1 aliphatic rings. The van der Waals surface area contributed by atoms with Crippen LogP contribution < -0.4 is 5.32 Å². The van der Waals surface area contributed by atoms with Crippen molar-refractivity contribution in [1.82, 2.24) is 4.98 Å². The minimum Gasteiger partial charge on any atom is -0.391 e. The number of hydrogen-bond donors (Lipinski definition) is 3. The number of aliphatic hydroxyl groups excluding tert-OH is 1. The molecule has 0 radical (unpaired) electrons. The Balaban J connectivity index is 1.87. The van der Waals surface area contributed by atoms with E-state index in [4.69, 9.17) is 5.41 Å². The fourth-order valence-electron chi connectivity index (χ4n) is 2.63. The SMILES string of the molecule is N=Cc1ncc(-c2cccc(C(F)(F)F)c2)cc1NCC(O)C1CC1. The fraction of sp³-hybridized carbons (Fsp3) is 0.333. The molecule has 0 amide bonds. The van der Waals surface area contributed by atoms with Crippen molar-refractivity contribution in [2.75, 3.05) is 11.9 Å². The second kappa shape index (κ2) is 6.84. The van der Waals surface area contributed by atoms with Crippen LogP contribution in [0, 0.1) is 11.3 Å². The molecule has 0 aliphatic heterocycles. The maximum absolute atomic E-state index is 12.9. The van der Waals surface area contributed by atoms with Crippen molar-refractivity contribution in [1.29, 1.82) is 5.41 Å². The summed E-state index contributed by atoms with van der Waals surface area (Å²) < 4.78 is 38.7. The molecule has 1 aliphatic carbocycles. The van der Waals surface area contributed by atoms with Gasteiger partial charge in [0.2, 0.25) is 0 Å². The third kappa shape index (κ3) is 4.17. The summed E-state index contributed by atoms with van der Waals surface area (Å²) in [6.07, 6.45) is -0.365. The van der Waals surface area contributed by atoms with Gasteiger partial charge in [-0.3, -0.25) is 4.98 Å². The van der Waals surface area contributed by atoms with Crippen molar-refractivity contribution in [3.8, 4) is 11.1 Å². The second-order valence-corrected chi connectivity index (χ2v) is 6.17. The van der Waals surface area contributed by atoms with Crippen LogP contribution in [0.1, 0.15) is 24.1 Å². The van der Waals surface area contributed by atoms with E-state index in [0.29, 0.717) is 35.0 Å². The molecule has 1 aromatic carbocycles. The summed E-state index contributed by atoms with van der Waals surface area (Å²) in [5.41, 5.74) is 1.08. The van der Waals surface area contributed by atoms with Crippen molar-refractivity contribution in [3.63, 3.8) is 0 Å². The van der Waals surface area contributed by atoms with Gasteiger partial charge in [-0.05, 0) is 42.5 Å². The predicted molar refractivity (Wildman–Crippen MR) is 89.8 cm³/mol. The van der Waals surface area contributed by atoms with Gasteiger partial charge >= 0.3 is 6.18 Å². The number of rotatable bonds is 6. The van der Waals surface area contributed by atoms with Crippen LogP contribution >= 0.6 is 0 Å². The van der Waals surface area contributed by atoms with Crippen LogP contribution in [0.15, 0.2) is 36.5 Å². The lowest BCUT2D eigenvalue weighted by atomic mass is 10.0. The Morgan fingerprint density at radius 1 is 1.28 bits per heavy atom. The number of benzene rings is 1. The lowest BCUT2D eigenvalue weighted by molar-refractivity contribution is -0.137. The second-order valence-electron chi connectivity index (χ2n) is 6.17. The monoisotopic (exact) mass is 349 g/mol. The van der Waals surface area contributed by atoms with E-state index in [2.05, 4.69) is 10.3 Å². The maximum atomic E-state index is 12.9. The molecular weight excluding hydrogens is 331 g/mol. The lowest BCUT2D eigenvalue weighted by Gasteiger charge is -2.15. The van der Waals surface area contributed by atoms with E-state index < -0.39 is 17.8 Å². The number of aliphatic hydroxyl groups is 1. The van der Waals surface area contributed by atoms with E-state index in [1.165, 1.54) is 12.3 Å². The highest BCUT2D eigenvalue weighted by molar-refractivity contribution is 5.85. The van der Waals surface area contributed by atoms with E-state index in [1.54, 1.807) is 12.1 Å². The van der Waals surface area contributed by atoms with Crippen molar-refractivity contribution in [3.05, 3.63) is 47.8 Å². The smallest absolute Gasteiger partial charge is 0.391 e. The van der Waals surface area contributed by atoms with Crippen molar-refractivity contribution < 1.29 is 18.3 Å². The maximum Gasteiger partial charge on any atom is 0.416 e. The topological polar surface area (TPSA) is 69.0 Å². The van der Waals surface area contributed by atoms with Gasteiger partial charge in [0.15, 0.2) is 0 Å². The zero-order valence-electron chi connectivity index (χ0n) is 13.3. The first kappa shape index (κ1) is 17.4. The first-order chi connectivity index (χ1) is 11.9. The molecule has 0 saturated heterocycles. The van der Waals surface area contributed by atoms with E-state index in [9.17, 15) is 18.3 Å². The molecule has 25 heavy (non-hydrogen) atoms. The summed E-state index contributed by atoms with van der Waals surface area (Å²) in [4.78, 5) is 4.14. The summed E-state index contributed by atoms with van der Waals surface area (Å²) in [5, 5.41) is 20.4. The van der Waals surface area contributed by atoms with Crippen molar-refractivity contribution in [2.45, 2.75) is 25.1 Å². The number of pyridine rings is 1. The summed E-state index contributed by atoms with van der Waals surface area (Å²) in [5.74, 6) is 0.301. The molecule has 3 N–H and O–H groups in total. The quantitative estimate of drug-likeness (QED) is 0.692. The number of hydrogen-bond acceptors (Lipinski definition) is 4. The molecule has 132 valence electrons. The van der Waals surface area contributed by atoms with Crippen LogP contribution in [0.4, 0.5) is 18.9 Å². The van der Waals surface area contributed by atoms with E-state index in [1.807, 2.05) is 0 Å². The van der Waals surface area contributed by atoms with Crippen LogP contribution in [-0.2, 0) is 6.18 Å². The average Bonchev–Trinajstić information content (AvgIpc) is 3.44. The average molecular weight is 349 g/mol. The van der Waals surface area contributed by atoms with Crippen molar-refractivity contribution >= 4 is 11.9 Å². The number of halogens is 3. The largest absolute Gasteiger partial charge is 0.416 e. The summed E-state index contributed by atoms with van der Waals surface area (Å²) in [7, 11) is 0. The molecule has 1 unspecified atom stereocenters. The van der Waals surface area contributed by atoms with Crippen molar-refractivity contribution in [2.24, 2.45) is 5.92 Å². The minimum absolute atomic E-state index is 0.301. The molecule has 2 aromatic rings. The van der Waals surface area contributed by atoms with Gasteiger partial charge in [-0.1, -0.05) is 12.1 Å². The molecule has 3 rings (SSSR count). The molecule has 7 heteroatoms. The normalized spacial score (nSPS) is 15.7. The standard InChI is InChI=1S/C18H18F3N3O/c19-18(20,21)14-3-1-2-12(6-14)13-7-15(16(8-22)23-9-13)24-10-17(25)11-4-5-11/h1-3,6-9,11,17,22,24-25H,4-5,10H2. The summed E-state index contributed by atoms with van der Waals surface area (Å²) in [6.45, 7) is 0.319. The van der Waals surface area contributed by atoms with Gasteiger partial charge in [0, 0.05) is 24.5 Å². The van der Waals surface area contributed by atoms with Gasteiger partial charge in [-0.2, -0.15) is 13.2 Å². The van der Waals surface area contributed by atoms with Gasteiger partial charge in [-0.25, -0.2) is 0 Å². The predicted octanol–water partition coefficient (Wildman–Crippen LogP) is 3.95. The third-order valence-electron chi connectivity index (χ3n) is 4.25. The zero-order valence-corrected chi connectivity index (χ0v) is 13.3. The van der Waals surface area contributed by atoms with Crippen LogP contribution in [0.3, 0.4) is 0 Å². The third-order valence-corrected chi connectivity index (χ3v) is 4.25. The van der Waals surface area contributed by atoms with E-state index in [-0.39, 0.29) is 0 Å². The van der Waals surface area contributed by atoms with Crippen LogP contribution in [0.5, 0.6) is 0 Å². The highest BCUT2D eigenvalue weighted by Gasteiger charge is 2.31. The Morgan fingerprint density at radius 3 is 2.68 bits per heavy atom. The van der Waals surface area contributed by atoms with Crippen LogP contribution in [0.25, 0.3) is 11.1 Å². The molecule has 0 bridgehead atoms. The number of nitrogens with zero attached hydrogens (tertiary/aromatic N) is 1. The molecule has 0 spiro atoms. The molecule has 1 atom stereocenters. The molecule has 1 aromatic heterocycles. The number of anilines is 1. The Hall–Kier alpha value is -2.41. The van der Waals surface area contributed by atoms with E-state index in [0.717, 1.165) is 31.2 Å². The number of nitrogens with one attached hydrogen (secondary N) is 2. The Morgan fingerprint density at radius 2 is 2.04 bits per heavy atom. The molecule has 1 fully saturated rings. The van der Waals surface area contributed by atoms with Gasteiger partial charge in [0.25, 0.3) is 0 Å². The fourth-order valence-corrected chi connectivity index (χ4v) is 2.63. The minimum atomic E-state index is -4.41. The molecule has 1 saturated carbocycles. The van der Waals surface area contributed by atoms with Gasteiger partial charge < -0.3 is 15.8 Å². The molecule has 4 nitrogen and oxygen atoms in total. The highest BCUT2D eigenvalue weighted by Crippen LogP contribution is 2.34. The lowest BCUT2D eigenvalue weighted by Crippen LogP contribution is -2.22. The van der Waals surface area contributed by atoms with Crippen LogP contribution in [0.2, 0.25) is 0 Å². The first-order valence-electron chi connectivity index (χ1n) is 7.98. The van der Waals surface area contributed by atoms with E-state index >= 15 is 0 Å². The summed E-state index contributed by atoms with van der Waals surface area (Å²) >= 11 is 0. The van der Waals surface area contributed by atoms with Gasteiger partial charge in [-0.15, -0.1) is 0 Å². The number of alkyl halides is 3. The Kier molecular flexibility index (Phi) is 4.76. The summed E-state index contributed by atoms with van der Waals surface area (Å²) in [6, 6.07) is 6.69. The highest BCUT2D eigenvalue weighted by atomic mass is 19.4. The molecule has 1 heterocycles. The van der Waals surface area contributed by atoms with Crippen LogP contribution in [-0.4, -0.2) is 29.0 Å². The first-order valence-corrected chi connectivity index (χ1v) is 7.98.